The molecule has 3 nitrogen and oxygen atoms in total. The van der Waals surface area contributed by atoms with Gasteiger partial charge in [0.25, 0.3) is 0 Å². The maximum atomic E-state index is 5.45. The highest BCUT2D eigenvalue weighted by Gasteiger charge is 2.33. The van der Waals surface area contributed by atoms with Crippen molar-refractivity contribution in [2.24, 2.45) is 11.3 Å². The number of hydrogen-bond acceptors (Lipinski definition) is 3. The lowest BCUT2D eigenvalue weighted by Gasteiger charge is -2.40. The minimum absolute atomic E-state index is 0.481. The summed E-state index contributed by atoms with van der Waals surface area (Å²) in [6, 6.07) is 0.558. The minimum atomic E-state index is 0.481. The highest BCUT2D eigenvalue weighted by atomic mass is 16.5. The van der Waals surface area contributed by atoms with Crippen LogP contribution in [0.2, 0.25) is 0 Å². The summed E-state index contributed by atoms with van der Waals surface area (Å²) in [5.74, 6) is 0.950. The topological polar surface area (TPSA) is 33.3 Å². The van der Waals surface area contributed by atoms with E-state index < -0.39 is 0 Å². The van der Waals surface area contributed by atoms with Crippen molar-refractivity contribution in [1.82, 2.24) is 10.6 Å². The van der Waals surface area contributed by atoms with E-state index in [1.807, 2.05) is 0 Å². The second kappa shape index (κ2) is 6.17. The number of nitrogens with one attached hydrogen (secondary N) is 2. The SMILES string of the molecule is CC(C)(CNCCC1COCCN1)C1CCC1. The predicted molar refractivity (Wildman–Crippen MR) is 71.2 cm³/mol. The van der Waals surface area contributed by atoms with Crippen LogP contribution in [0.3, 0.4) is 0 Å². The van der Waals surface area contributed by atoms with E-state index in [4.69, 9.17) is 4.74 Å². The lowest BCUT2D eigenvalue weighted by atomic mass is 9.67. The molecule has 0 amide bonds. The highest BCUT2D eigenvalue weighted by molar-refractivity contribution is 4.86. The molecule has 0 aromatic heterocycles. The van der Waals surface area contributed by atoms with Gasteiger partial charge in [-0.2, -0.15) is 0 Å². The molecular weight excluding hydrogens is 212 g/mol. The van der Waals surface area contributed by atoms with Gasteiger partial charge in [0.1, 0.15) is 0 Å². The quantitative estimate of drug-likeness (QED) is 0.694. The molecule has 1 saturated carbocycles. The summed E-state index contributed by atoms with van der Waals surface area (Å²) in [7, 11) is 0. The molecule has 100 valence electrons. The molecule has 2 fully saturated rings. The zero-order valence-corrected chi connectivity index (χ0v) is 11.4. The molecule has 1 atom stereocenters. The van der Waals surface area contributed by atoms with Crippen molar-refractivity contribution in [2.45, 2.75) is 45.6 Å². The molecule has 1 aliphatic heterocycles. The molecule has 3 heteroatoms. The van der Waals surface area contributed by atoms with Crippen LogP contribution in [0.4, 0.5) is 0 Å². The normalized spacial score (nSPS) is 26.8. The summed E-state index contributed by atoms with van der Waals surface area (Å²) in [6.45, 7) is 9.85. The molecule has 0 aromatic carbocycles. The van der Waals surface area contributed by atoms with Gasteiger partial charge in [-0.15, -0.1) is 0 Å². The fourth-order valence-electron chi connectivity index (χ4n) is 2.83. The van der Waals surface area contributed by atoms with Crippen molar-refractivity contribution in [2.75, 3.05) is 32.8 Å². The van der Waals surface area contributed by atoms with Crippen LogP contribution in [0.25, 0.3) is 0 Å². The lowest BCUT2D eigenvalue weighted by Crippen LogP contribution is -2.44. The van der Waals surface area contributed by atoms with Gasteiger partial charge in [0.15, 0.2) is 0 Å². The molecule has 1 aliphatic carbocycles. The van der Waals surface area contributed by atoms with E-state index in [0.717, 1.165) is 38.8 Å². The Hall–Kier alpha value is -0.120. The van der Waals surface area contributed by atoms with Crippen molar-refractivity contribution in [1.29, 1.82) is 0 Å². The van der Waals surface area contributed by atoms with Gasteiger partial charge in [0, 0.05) is 19.1 Å². The average Bonchev–Trinajstić information content (AvgIpc) is 2.23. The van der Waals surface area contributed by atoms with E-state index in [1.165, 1.54) is 25.7 Å². The zero-order chi connectivity index (χ0) is 12.1. The fourth-order valence-corrected chi connectivity index (χ4v) is 2.83. The Kier molecular flexibility index (Phi) is 4.83. The fraction of sp³-hybridized carbons (Fsp3) is 1.00. The molecule has 0 radical (unpaired) electrons. The van der Waals surface area contributed by atoms with Gasteiger partial charge >= 0.3 is 0 Å². The van der Waals surface area contributed by atoms with Crippen LogP contribution < -0.4 is 10.6 Å². The molecule has 2 aliphatic rings. The van der Waals surface area contributed by atoms with Gasteiger partial charge in [-0.05, 0) is 37.1 Å². The number of ether oxygens (including phenoxy) is 1. The van der Waals surface area contributed by atoms with E-state index in [2.05, 4.69) is 24.5 Å². The Morgan fingerprint density at radius 3 is 2.76 bits per heavy atom. The van der Waals surface area contributed by atoms with Crippen molar-refractivity contribution >= 4 is 0 Å². The monoisotopic (exact) mass is 240 g/mol. The molecule has 0 bridgehead atoms. The maximum absolute atomic E-state index is 5.45. The summed E-state index contributed by atoms with van der Waals surface area (Å²) >= 11 is 0. The van der Waals surface area contributed by atoms with Crippen molar-refractivity contribution < 1.29 is 4.74 Å². The Bertz CT molecular complexity index is 220. The summed E-state index contributed by atoms with van der Waals surface area (Å²) < 4.78 is 5.45. The van der Waals surface area contributed by atoms with Crippen LogP contribution in [0.1, 0.15) is 39.5 Å². The molecule has 2 rings (SSSR count). The average molecular weight is 240 g/mol. The van der Waals surface area contributed by atoms with Crippen LogP contribution in [0, 0.1) is 11.3 Å². The molecule has 17 heavy (non-hydrogen) atoms. The molecule has 0 spiro atoms. The van der Waals surface area contributed by atoms with Crippen LogP contribution >= 0.6 is 0 Å². The Morgan fingerprint density at radius 1 is 1.35 bits per heavy atom. The third-order valence-corrected chi connectivity index (χ3v) is 4.46. The second-order valence-electron chi connectivity index (χ2n) is 6.31. The number of hydrogen-bond donors (Lipinski definition) is 2. The van der Waals surface area contributed by atoms with Crippen molar-refractivity contribution in [3.8, 4) is 0 Å². The summed E-state index contributed by atoms with van der Waals surface area (Å²) in [6.07, 6.45) is 5.50. The van der Waals surface area contributed by atoms with E-state index >= 15 is 0 Å². The summed E-state index contributed by atoms with van der Waals surface area (Å²) in [4.78, 5) is 0. The molecular formula is C14H28N2O. The zero-order valence-electron chi connectivity index (χ0n) is 11.4. The van der Waals surface area contributed by atoms with E-state index in [9.17, 15) is 0 Å². The van der Waals surface area contributed by atoms with Gasteiger partial charge in [-0.1, -0.05) is 20.3 Å². The second-order valence-corrected chi connectivity index (χ2v) is 6.31. The first-order valence-corrected chi connectivity index (χ1v) is 7.20. The lowest BCUT2D eigenvalue weighted by molar-refractivity contribution is 0.0730. The first-order chi connectivity index (χ1) is 8.18. The number of morpholine rings is 1. The largest absolute Gasteiger partial charge is 0.379 e. The smallest absolute Gasteiger partial charge is 0.0620 e. The Labute approximate surface area is 106 Å². The predicted octanol–water partition coefficient (Wildman–Crippen LogP) is 1.78. The molecule has 1 heterocycles. The van der Waals surface area contributed by atoms with Crippen LogP contribution in [0.5, 0.6) is 0 Å². The van der Waals surface area contributed by atoms with Gasteiger partial charge in [-0.3, -0.25) is 0 Å². The van der Waals surface area contributed by atoms with Crippen LogP contribution in [-0.2, 0) is 4.74 Å². The van der Waals surface area contributed by atoms with Crippen molar-refractivity contribution in [3.63, 3.8) is 0 Å². The van der Waals surface area contributed by atoms with Gasteiger partial charge in [0.05, 0.1) is 13.2 Å². The Balaban J connectivity index is 1.55. The first-order valence-electron chi connectivity index (χ1n) is 7.20. The number of rotatable bonds is 6. The summed E-state index contributed by atoms with van der Waals surface area (Å²) in [5, 5.41) is 7.12. The Morgan fingerprint density at radius 2 is 2.18 bits per heavy atom. The van der Waals surface area contributed by atoms with Gasteiger partial charge in [-0.25, -0.2) is 0 Å². The van der Waals surface area contributed by atoms with Gasteiger partial charge in [0.2, 0.25) is 0 Å². The minimum Gasteiger partial charge on any atom is -0.379 e. The van der Waals surface area contributed by atoms with Gasteiger partial charge < -0.3 is 15.4 Å². The maximum Gasteiger partial charge on any atom is 0.0620 e. The molecule has 0 aromatic rings. The third-order valence-electron chi connectivity index (χ3n) is 4.46. The highest BCUT2D eigenvalue weighted by Crippen LogP contribution is 2.41. The van der Waals surface area contributed by atoms with E-state index in [1.54, 1.807) is 0 Å². The molecule has 2 N–H and O–H groups in total. The first kappa shape index (κ1) is 13.3. The van der Waals surface area contributed by atoms with E-state index in [0.29, 0.717) is 11.5 Å². The van der Waals surface area contributed by atoms with Crippen LogP contribution in [0.15, 0.2) is 0 Å². The third kappa shape index (κ3) is 3.94. The summed E-state index contributed by atoms with van der Waals surface area (Å²) in [5.41, 5.74) is 0.481. The van der Waals surface area contributed by atoms with E-state index in [-0.39, 0.29) is 0 Å². The molecule has 1 saturated heterocycles. The standard InChI is InChI=1S/C14H28N2O/c1-14(2,12-4-3-5-12)11-15-7-6-13-10-17-9-8-16-13/h12-13,15-16H,3-11H2,1-2H3. The van der Waals surface area contributed by atoms with Crippen molar-refractivity contribution in [3.05, 3.63) is 0 Å². The molecule has 1 unspecified atom stereocenters. The van der Waals surface area contributed by atoms with Crippen LogP contribution in [-0.4, -0.2) is 38.9 Å².